The Morgan fingerprint density at radius 3 is 1.31 bits per heavy atom. The molecule has 0 aliphatic heterocycles. The number of hydrogen-bond acceptors (Lipinski definition) is 6. The van der Waals surface area contributed by atoms with Gasteiger partial charge in [-0.3, -0.25) is 9.59 Å². The van der Waals surface area contributed by atoms with Gasteiger partial charge in [-0.1, -0.05) is 54.6 Å². The van der Waals surface area contributed by atoms with Crippen LogP contribution in [-0.4, -0.2) is 31.8 Å². The Labute approximate surface area is 242 Å². The molecule has 202 valence electrons. The zero-order valence-electron chi connectivity index (χ0n) is 22.4. The molecule has 8 heteroatoms. The molecule has 0 aliphatic carbocycles. The smallest absolute Gasteiger partial charge is 0.265 e. The summed E-state index contributed by atoms with van der Waals surface area (Å²) in [6.45, 7) is 0. The largest absolute Gasteiger partial charge is 0.268 e. The standard InChI is InChI=1S/C34H24N6O2/c41-33(39(29-14-4-8-20-35-29)30-15-5-9-21-36-30)26-18-19-27(28(24-26)25-12-2-1-3-13-25)34(42)40(31-16-6-10-22-37-31)32-17-7-11-23-38-32/h1-24H. The fourth-order valence-electron chi connectivity index (χ4n) is 4.56. The van der Waals surface area contributed by atoms with E-state index in [9.17, 15) is 9.59 Å². The summed E-state index contributed by atoms with van der Waals surface area (Å²) >= 11 is 0. The number of aromatic nitrogens is 4. The van der Waals surface area contributed by atoms with Crippen molar-refractivity contribution < 1.29 is 9.59 Å². The molecule has 0 N–H and O–H groups in total. The topological polar surface area (TPSA) is 92.2 Å². The van der Waals surface area contributed by atoms with Gasteiger partial charge in [-0.05, 0) is 77.9 Å². The van der Waals surface area contributed by atoms with Crippen molar-refractivity contribution in [2.75, 3.05) is 9.80 Å². The maximum Gasteiger partial charge on any atom is 0.265 e. The van der Waals surface area contributed by atoms with E-state index in [1.54, 1.807) is 91.5 Å². The first-order valence-corrected chi connectivity index (χ1v) is 13.2. The Balaban J connectivity index is 1.49. The minimum absolute atomic E-state index is 0.337. The third-order valence-corrected chi connectivity index (χ3v) is 6.50. The molecule has 4 heterocycles. The van der Waals surface area contributed by atoms with Gasteiger partial charge in [0.05, 0.1) is 0 Å². The molecule has 4 aromatic heterocycles. The van der Waals surface area contributed by atoms with Gasteiger partial charge in [-0.15, -0.1) is 0 Å². The molecular formula is C34H24N6O2. The van der Waals surface area contributed by atoms with E-state index in [-0.39, 0.29) is 11.8 Å². The van der Waals surface area contributed by atoms with Crippen LogP contribution in [-0.2, 0) is 0 Å². The SMILES string of the molecule is O=C(c1ccc(C(=O)N(c2ccccn2)c2ccccn2)c(-c2ccccc2)c1)N(c1ccccn1)c1ccccn1. The van der Waals surface area contributed by atoms with E-state index in [1.165, 1.54) is 9.80 Å². The molecule has 8 nitrogen and oxygen atoms in total. The van der Waals surface area contributed by atoms with Crippen molar-refractivity contribution in [3.63, 3.8) is 0 Å². The van der Waals surface area contributed by atoms with Gasteiger partial charge in [0, 0.05) is 35.9 Å². The maximum absolute atomic E-state index is 14.3. The summed E-state index contributed by atoms with van der Waals surface area (Å²) in [4.78, 5) is 49.1. The Morgan fingerprint density at radius 1 is 0.452 bits per heavy atom. The van der Waals surface area contributed by atoms with Gasteiger partial charge < -0.3 is 0 Å². The molecule has 0 bridgehead atoms. The lowest BCUT2D eigenvalue weighted by Gasteiger charge is -2.24. The summed E-state index contributed by atoms with van der Waals surface area (Å²) in [5.41, 5.74) is 2.12. The third kappa shape index (κ3) is 5.37. The lowest BCUT2D eigenvalue weighted by molar-refractivity contribution is 0.0987. The number of benzene rings is 2. The first-order chi connectivity index (χ1) is 20.7. The van der Waals surface area contributed by atoms with Crippen LogP contribution in [0.25, 0.3) is 11.1 Å². The Bertz CT molecular complexity index is 1720. The third-order valence-electron chi connectivity index (χ3n) is 6.50. The highest BCUT2D eigenvalue weighted by Gasteiger charge is 2.27. The number of amides is 2. The molecule has 0 unspecified atom stereocenters. The second-order valence-electron chi connectivity index (χ2n) is 9.16. The highest BCUT2D eigenvalue weighted by molar-refractivity contribution is 6.15. The van der Waals surface area contributed by atoms with E-state index in [0.717, 1.165) is 5.56 Å². The van der Waals surface area contributed by atoms with Crippen molar-refractivity contribution >= 4 is 35.1 Å². The Kier molecular flexibility index (Phi) is 7.50. The number of carbonyl (C=O) groups is 2. The number of rotatable bonds is 7. The van der Waals surface area contributed by atoms with E-state index in [0.29, 0.717) is 40.0 Å². The summed E-state index contributed by atoms with van der Waals surface area (Å²) in [5.74, 6) is 1.04. The van der Waals surface area contributed by atoms with Crippen molar-refractivity contribution in [2.45, 2.75) is 0 Å². The van der Waals surface area contributed by atoms with Gasteiger partial charge in [-0.2, -0.15) is 0 Å². The first kappa shape index (κ1) is 26.2. The number of hydrogen-bond donors (Lipinski definition) is 0. The normalized spacial score (nSPS) is 10.6. The monoisotopic (exact) mass is 548 g/mol. The lowest BCUT2D eigenvalue weighted by atomic mass is 9.95. The van der Waals surface area contributed by atoms with Crippen LogP contribution < -0.4 is 9.80 Å². The fraction of sp³-hybridized carbons (Fsp3) is 0. The van der Waals surface area contributed by atoms with Crippen LogP contribution in [0.3, 0.4) is 0 Å². The molecule has 0 saturated carbocycles. The van der Waals surface area contributed by atoms with E-state index >= 15 is 0 Å². The van der Waals surface area contributed by atoms with Crippen LogP contribution >= 0.6 is 0 Å². The summed E-state index contributed by atoms with van der Waals surface area (Å²) in [5, 5.41) is 0. The molecular weight excluding hydrogens is 524 g/mol. The molecule has 6 aromatic rings. The van der Waals surface area contributed by atoms with Crippen LogP contribution in [0.1, 0.15) is 20.7 Å². The average Bonchev–Trinajstić information content (AvgIpc) is 3.07. The lowest BCUT2D eigenvalue weighted by Crippen LogP contribution is -2.29. The molecule has 0 fully saturated rings. The molecule has 0 spiro atoms. The molecule has 2 aromatic carbocycles. The average molecular weight is 549 g/mol. The fourth-order valence-corrected chi connectivity index (χ4v) is 4.56. The van der Waals surface area contributed by atoms with Crippen molar-refractivity contribution in [3.8, 4) is 11.1 Å². The number of anilines is 4. The highest BCUT2D eigenvalue weighted by Crippen LogP contribution is 2.32. The quantitative estimate of drug-likeness (QED) is 0.216. The molecule has 6 rings (SSSR count). The van der Waals surface area contributed by atoms with Crippen molar-refractivity contribution in [1.29, 1.82) is 0 Å². The van der Waals surface area contributed by atoms with Gasteiger partial charge in [0.2, 0.25) is 0 Å². The number of pyridine rings is 4. The molecule has 2 amide bonds. The van der Waals surface area contributed by atoms with Gasteiger partial charge in [-0.25, -0.2) is 29.7 Å². The van der Waals surface area contributed by atoms with E-state index in [4.69, 9.17) is 0 Å². The Morgan fingerprint density at radius 2 is 0.881 bits per heavy atom. The van der Waals surface area contributed by atoms with E-state index in [2.05, 4.69) is 19.9 Å². The highest BCUT2D eigenvalue weighted by atomic mass is 16.2. The number of nitrogens with zero attached hydrogens (tertiary/aromatic N) is 6. The van der Waals surface area contributed by atoms with Crippen molar-refractivity contribution in [2.24, 2.45) is 0 Å². The Hall–Kier alpha value is -6.02. The van der Waals surface area contributed by atoms with Gasteiger partial charge >= 0.3 is 0 Å². The van der Waals surface area contributed by atoms with Crippen LogP contribution in [0.2, 0.25) is 0 Å². The summed E-state index contributed by atoms with van der Waals surface area (Å²) in [7, 11) is 0. The zero-order valence-corrected chi connectivity index (χ0v) is 22.4. The van der Waals surface area contributed by atoms with Crippen LogP contribution in [0, 0.1) is 0 Å². The van der Waals surface area contributed by atoms with E-state index < -0.39 is 0 Å². The molecule has 0 saturated heterocycles. The predicted octanol–water partition coefficient (Wildman–Crippen LogP) is 6.89. The molecule has 0 radical (unpaired) electrons. The predicted molar refractivity (Wildman–Crippen MR) is 162 cm³/mol. The second-order valence-corrected chi connectivity index (χ2v) is 9.16. The van der Waals surface area contributed by atoms with Crippen LogP contribution in [0.5, 0.6) is 0 Å². The van der Waals surface area contributed by atoms with Crippen LogP contribution in [0.15, 0.2) is 146 Å². The maximum atomic E-state index is 14.3. The molecule has 42 heavy (non-hydrogen) atoms. The summed E-state index contributed by atoms with van der Waals surface area (Å²) in [6.07, 6.45) is 6.50. The van der Waals surface area contributed by atoms with Gasteiger partial charge in [0.15, 0.2) is 0 Å². The zero-order chi connectivity index (χ0) is 28.7. The molecule has 0 aliphatic rings. The van der Waals surface area contributed by atoms with Crippen LogP contribution in [0.4, 0.5) is 23.3 Å². The summed E-state index contributed by atoms with van der Waals surface area (Å²) < 4.78 is 0. The van der Waals surface area contributed by atoms with E-state index in [1.807, 2.05) is 54.6 Å². The van der Waals surface area contributed by atoms with Crippen molar-refractivity contribution in [3.05, 3.63) is 157 Å². The van der Waals surface area contributed by atoms with Gasteiger partial charge in [0.25, 0.3) is 11.8 Å². The second kappa shape index (κ2) is 12.0. The minimum atomic E-state index is -0.338. The summed E-state index contributed by atoms with van der Waals surface area (Å²) in [6, 6.07) is 36.0. The van der Waals surface area contributed by atoms with Crippen molar-refractivity contribution in [1.82, 2.24) is 19.9 Å². The first-order valence-electron chi connectivity index (χ1n) is 13.2. The number of carbonyl (C=O) groups excluding carboxylic acids is 2. The minimum Gasteiger partial charge on any atom is -0.268 e. The molecule has 0 atom stereocenters. The van der Waals surface area contributed by atoms with Gasteiger partial charge in [0.1, 0.15) is 23.3 Å².